The molecule has 2 heteroatoms. The fourth-order valence-electron chi connectivity index (χ4n) is 3.06. The Bertz CT molecular complexity index is 724. The summed E-state index contributed by atoms with van der Waals surface area (Å²) < 4.78 is 6.29. The lowest BCUT2D eigenvalue weighted by Gasteiger charge is -2.29. The van der Waals surface area contributed by atoms with Crippen LogP contribution in [0.5, 0.6) is 17.2 Å². The highest BCUT2D eigenvalue weighted by molar-refractivity contribution is 5.56. The number of phenolic OH excluding ortho intramolecular Hbond substituents is 1. The molecule has 0 aromatic heterocycles. The van der Waals surface area contributed by atoms with Crippen LogP contribution in [0.15, 0.2) is 30.3 Å². The fraction of sp³-hybridized carbons (Fsp3) is 0.455. The van der Waals surface area contributed by atoms with E-state index >= 15 is 0 Å². The van der Waals surface area contributed by atoms with E-state index in [1.165, 1.54) is 0 Å². The summed E-state index contributed by atoms with van der Waals surface area (Å²) in [4.78, 5) is 0. The largest absolute Gasteiger partial charge is 0.507 e. The molecule has 0 aliphatic rings. The summed E-state index contributed by atoms with van der Waals surface area (Å²) in [5, 5.41) is 11.0. The summed E-state index contributed by atoms with van der Waals surface area (Å²) in [5.74, 6) is 1.94. The van der Waals surface area contributed by atoms with Crippen LogP contribution in [0.4, 0.5) is 0 Å². The van der Waals surface area contributed by atoms with E-state index in [-0.39, 0.29) is 10.8 Å². The zero-order valence-electron chi connectivity index (χ0n) is 16.2. The number of aromatic hydroxyl groups is 1. The van der Waals surface area contributed by atoms with E-state index in [1.807, 2.05) is 44.2 Å². The maximum atomic E-state index is 11.0. The van der Waals surface area contributed by atoms with Crippen molar-refractivity contribution in [3.63, 3.8) is 0 Å². The van der Waals surface area contributed by atoms with Crippen molar-refractivity contribution in [1.82, 2.24) is 0 Å². The van der Waals surface area contributed by atoms with Gasteiger partial charge in [0.25, 0.3) is 0 Å². The van der Waals surface area contributed by atoms with Gasteiger partial charge in [-0.25, -0.2) is 0 Å². The van der Waals surface area contributed by atoms with Crippen LogP contribution in [-0.4, -0.2) is 5.11 Å². The van der Waals surface area contributed by atoms with Gasteiger partial charge in [-0.05, 0) is 47.4 Å². The average molecular weight is 326 g/mol. The smallest absolute Gasteiger partial charge is 0.134 e. The second kappa shape index (κ2) is 6.16. The van der Waals surface area contributed by atoms with Gasteiger partial charge in [-0.3, -0.25) is 0 Å². The van der Waals surface area contributed by atoms with E-state index in [9.17, 15) is 5.11 Å². The van der Waals surface area contributed by atoms with Crippen molar-refractivity contribution in [2.75, 3.05) is 0 Å². The molecular formula is C22H30O2. The van der Waals surface area contributed by atoms with Gasteiger partial charge in [-0.1, -0.05) is 65.8 Å². The molecule has 0 atom stereocenters. The maximum Gasteiger partial charge on any atom is 0.134 e. The van der Waals surface area contributed by atoms with Crippen molar-refractivity contribution in [2.45, 2.75) is 66.2 Å². The minimum Gasteiger partial charge on any atom is -0.507 e. The second-order valence-corrected chi connectivity index (χ2v) is 8.66. The minimum atomic E-state index is -0.225. The van der Waals surface area contributed by atoms with E-state index < -0.39 is 0 Å². The van der Waals surface area contributed by atoms with E-state index in [0.29, 0.717) is 5.75 Å². The molecule has 0 aliphatic carbocycles. The number of phenols is 1. The zero-order chi connectivity index (χ0) is 18.3. The number of ether oxygens (including phenoxy) is 1. The van der Waals surface area contributed by atoms with E-state index in [4.69, 9.17) is 4.74 Å². The Balaban J connectivity index is 2.65. The summed E-state index contributed by atoms with van der Waals surface area (Å²) in [5.41, 5.74) is 3.64. The van der Waals surface area contributed by atoms with Crippen LogP contribution in [0, 0.1) is 13.8 Å². The van der Waals surface area contributed by atoms with Crippen LogP contribution in [0.2, 0.25) is 0 Å². The monoisotopic (exact) mass is 326 g/mol. The highest BCUT2D eigenvalue weighted by atomic mass is 16.5. The predicted molar refractivity (Wildman–Crippen MR) is 101 cm³/mol. The first kappa shape index (κ1) is 18.4. The normalized spacial score (nSPS) is 12.3. The van der Waals surface area contributed by atoms with Crippen molar-refractivity contribution in [2.24, 2.45) is 0 Å². The first-order valence-electron chi connectivity index (χ1n) is 8.54. The lowest BCUT2D eigenvalue weighted by Crippen LogP contribution is -2.18. The van der Waals surface area contributed by atoms with Crippen LogP contribution in [0.25, 0.3) is 0 Å². The molecule has 0 heterocycles. The van der Waals surface area contributed by atoms with Gasteiger partial charge in [-0.15, -0.1) is 0 Å². The summed E-state index contributed by atoms with van der Waals surface area (Å²) in [6.07, 6.45) is 0. The Morgan fingerprint density at radius 2 is 1.33 bits per heavy atom. The molecule has 0 bridgehead atoms. The first-order chi connectivity index (χ1) is 10.9. The van der Waals surface area contributed by atoms with Crippen LogP contribution < -0.4 is 4.74 Å². The van der Waals surface area contributed by atoms with Crippen LogP contribution in [0.3, 0.4) is 0 Å². The molecule has 0 aliphatic heterocycles. The molecule has 0 radical (unpaired) electrons. The molecule has 0 saturated carbocycles. The van der Waals surface area contributed by atoms with Crippen molar-refractivity contribution >= 4 is 0 Å². The highest BCUT2D eigenvalue weighted by Crippen LogP contribution is 2.45. The predicted octanol–water partition coefficient (Wildman–Crippen LogP) is 6.40. The van der Waals surface area contributed by atoms with E-state index in [0.717, 1.165) is 33.8 Å². The number of rotatable bonds is 2. The molecule has 0 spiro atoms. The molecule has 2 aromatic carbocycles. The van der Waals surface area contributed by atoms with Crippen molar-refractivity contribution in [3.05, 3.63) is 52.6 Å². The van der Waals surface area contributed by atoms with Gasteiger partial charge in [-0.2, -0.15) is 0 Å². The number of aryl methyl sites for hydroxylation is 2. The summed E-state index contributed by atoms with van der Waals surface area (Å²) in [6.45, 7) is 16.7. The SMILES string of the molecule is Cc1cccc(C)c1Oc1ccc(C(C)(C)C)c(O)c1C(C)(C)C. The number of benzene rings is 2. The van der Waals surface area contributed by atoms with Crippen LogP contribution in [-0.2, 0) is 10.8 Å². The third-order valence-electron chi connectivity index (χ3n) is 4.32. The lowest BCUT2D eigenvalue weighted by atomic mass is 9.79. The van der Waals surface area contributed by atoms with Crippen molar-refractivity contribution < 1.29 is 9.84 Å². The maximum absolute atomic E-state index is 11.0. The molecule has 130 valence electrons. The molecule has 1 N–H and O–H groups in total. The Labute approximate surface area is 146 Å². The van der Waals surface area contributed by atoms with Crippen molar-refractivity contribution in [1.29, 1.82) is 0 Å². The summed E-state index contributed by atoms with van der Waals surface area (Å²) >= 11 is 0. The van der Waals surface area contributed by atoms with Crippen LogP contribution in [0.1, 0.15) is 63.8 Å². The van der Waals surface area contributed by atoms with Gasteiger partial charge in [0.15, 0.2) is 0 Å². The fourth-order valence-corrected chi connectivity index (χ4v) is 3.06. The number of para-hydroxylation sites is 1. The zero-order valence-corrected chi connectivity index (χ0v) is 16.2. The quantitative estimate of drug-likeness (QED) is 0.692. The summed E-state index contributed by atoms with van der Waals surface area (Å²) in [7, 11) is 0. The average Bonchev–Trinajstić information content (AvgIpc) is 2.40. The first-order valence-corrected chi connectivity index (χ1v) is 8.54. The second-order valence-electron chi connectivity index (χ2n) is 8.66. The standard InChI is InChI=1S/C22H30O2/c1-14-10-9-11-15(2)20(14)24-17-13-12-16(21(3,4)5)19(23)18(17)22(6,7)8/h9-13,23H,1-8H3. The molecular weight excluding hydrogens is 296 g/mol. The Hall–Kier alpha value is -1.96. The third-order valence-corrected chi connectivity index (χ3v) is 4.32. The Morgan fingerprint density at radius 1 is 0.792 bits per heavy atom. The summed E-state index contributed by atoms with van der Waals surface area (Å²) in [6, 6.07) is 10.1. The van der Waals surface area contributed by atoms with Gasteiger partial charge in [0.2, 0.25) is 0 Å². The van der Waals surface area contributed by atoms with E-state index in [2.05, 4.69) is 41.5 Å². The Morgan fingerprint density at radius 3 is 1.79 bits per heavy atom. The van der Waals surface area contributed by atoms with Gasteiger partial charge in [0, 0.05) is 5.56 Å². The minimum absolute atomic E-state index is 0.124. The molecule has 2 aromatic rings. The number of hydrogen-bond donors (Lipinski definition) is 1. The molecule has 0 saturated heterocycles. The number of hydrogen-bond acceptors (Lipinski definition) is 2. The van der Waals surface area contributed by atoms with Gasteiger partial charge < -0.3 is 9.84 Å². The lowest BCUT2D eigenvalue weighted by molar-refractivity contribution is 0.399. The van der Waals surface area contributed by atoms with Crippen molar-refractivity contribution in [3.8, 4) is 17.2 Å². The molecule has 0 amide bonds. The third kappa shape index (κ3) is 3.58. The highest BCUT2D eigenvalue weighted by Gasteiger charge is 2.29. The van der Waals surface area contributed by atoms with Gasteiger partial charge in [0.1, 0.15) is 17.2 Å². The topological polar surface area (TPSA) is 29.5 Å². The molecule has 0 unspecified atom stereocenters. The van der Waals surface area contributed by atoms with E-state index in [1.54, 1.807) is 0 Å². The Kier molecular flexibility index (Phi) is 4.72. The molecule has 24 heavy (non-hydrogen) atoms. The molecule has 0 fully saturated rings. The van der Waals surface area contributed by atoms with Crippen LogP contribution >= 0.6 is 0 Å². The molecule has 2 nitrogen and oxygen atoms in total. The van der Waals surface area contributed by atoms with Gasteiger partial charge in [0.05, 0.1) is 0 Å². The molecule has 2 rings (SSSR count). The van der Waals surface area contributed by atoms with Gasteiger partial charge >= 0.3 is 0 Å².